The van der Waals surface area contributed by atoms with Gasteiger partial charge in [0.2, 0.25) is 0 Å². The molecule has 4 nitrogen and oxygen atoms in total. The molecule has 0 saturated heterocycles. The predicted molar refractivity (Wildman–Crippen MR) is 148 cm³/mol. The summed E-state index contributed by atoms with van der Waals surface area (Å²) in [6.07, 6.45) is 0. The van der Waals surface area contributed by atoms with Crippen molar-refractivity contribution in [2.24, 2.45) is 0 Å². The number of hydrogen-bond donors (Lipinski definition) is 0. The second kappa shape index (κ2) is 10.2. The average molecular weight is 521 g/mol. The van der Waals surface area contributed by atoms with E-state index in [2.05, 4.69) is 89.8 Å². The summed E-state index contributed by atoms with van der Waals surface area (Å²) in [6, 6.07) is 20.7. The second-order valence-electron chi connectivity index (χ2n) is 10.6. The SMILES string of the molecule is C=C[Si](C)(O[Si](C)(C)C)O[Si](O[Si](C)(C)O[Si](C)(C)C)(c1ccccc1)c1ccccc1. The van der Waals surface area contributed by atoms with Crippen LogP contribution >= 0.6 is 0 Å². The van der Waals surface area contributed by atoms with Crippen LogP contribution in [-0.4, -0.2) is 42.3 Å². The molecule has 0 N–H and O–H groups in total. The molecule has 2 aromatic carbocycles. The lowest BCUT2D eigenvalue weighted by atomic mass is 10.4. The van der Waals surface area contributed by atoms with Gasteiger partial charge in [-0.25, -0.2) is 0 Å². The Bertz CT molecular complexity index is 839. The quantitative estimate of drug-likeness (QED) is 0.368. The molecule has 0 amide bonds. The van der Waals surface area contributed by atoms with Crippen LogP contribution in [0, 0.1) is 0 Å². The number of hydrogen-bond acceptors (Lipinski definition) is 4. The highest BCUT2D eigenvalue weighted by Crippen LogP contribution is 2.27. The molecule has 0 radical (unpaired) electrons. The van der Waals surface area contributed by atoms with Gasteiger partial charge in [-0.05, 0) is 69.3 Å². The summed E-state index contributed by atoms with van der Waals surface area (Å²) in [5, 5.41) is 2.12. The number of rotatable bonds is 11. The predicted octanol–water partition coefficient (Wildman–Crippen LogP) is 5.48. The first kappa shape index (κ1) is 27.3. The Morgan fingerprint density at radius 1 is 0.562 bits per heavy atom. The average Bonchev–Trinajstić information content (AvgIpc) is 2.65. The van der Waals surface area contributed by atoms with Crippen LogP contribution in [0.5, 0.6) is 0 Å². The van der Waals surface area contributed by atoms with E-state index < -0.39 is 42.3 Å². The van der Waals surface area contributed by atoms with Crippen molar-refractivity contribution in [3.05, 3.63) is 72.9 Å². The number of benzene rings is 2. The van der Waals surface area contributed by atoms with Crippen molar-refractivity contribution < 1.29 is 16.5 Å². The van der Waals surface area contributed by atoms with Gasteiger partial charge < -0.3 is 16.5 Å². The summed E-state index contributed by atoms with van der Waals surface area (Å²) >= 11 is 0. The van der Waals surface area contributed by atoms with Crippen LogP contribution in [-0.2, 0) is 16.5 Å². The lowest BCUT2D eigenvalue weighted by Crippen LogP contribution is -2.72. The van der Waals surface area contributed by atoms with E-state index in [0.717, 1.165) is 10.4 Å². The normalized spacial score (nSPS) is 15.3. The second-order valence-corrected chi connectivity index (χ2v) is 29.9. The third-order valence-electron chi connectivity index (χ3n) is 4.48. The molecule has 176 valence electrons. The molecule has 0 fully saturated rings. The molecule has 0 aliphatic rings. The molecule has 0 aromatic heterocycles. The monoisotopic (exact) mass is 520 g/mol. The maximum absolute atomic E-state index is 7.19. The van der Waals surface area contributed by atoms with Crippen LogP contribution in [0.15, 0.2) is 72.9 Å². The molecule has 2 rings (SSSR count). The molecule has 9 heteroatoms. The summed E-state index contributed by atoms with van der Waals surface area (Å²) < 4.78 is 27.7. The highest BCUT2D eigenvalue weighted by atomic mass is 28.5. The zero-order valence-corrected chi connectivity index (χ0v) is 26.2. The molecule has 0 aliphatic heterocycles. The first-order valence-corrected chi connectivity index (χ1v) is 25.0. The fraction of sp³-hybridized carbons (Fsp3) is 0.391. The van der Waals surface area contributed by atoms with E-state index in [1.54, 1.807) is 0 Å². The Morgan fingerprint density at radius 3 is 1.31 bits per heavy atom. The van der Waals surface area contributed by atoms with Gasteiger partial charge >= 0.3 is 25.7 Å². The summed E-state index contributed by atoms with van der Waals surface area (Å²) in [6.45, 7) is 23.7. The van der Waals surface area contributed by atoms with Gasteiger partial charge in [0.25, 0.3) is 0 Å². The molecule has 2 aromatic rings. The van der Waals surface area contributed by atoms with Crippen LogP contribution < -0.4 is 10.4 Å². The fourth-order valence-electron chi connectivity index (χ4n) is 3.84. The molecular formula is C23H40O4Si5. The van der Waals surface area contributed by atoms with Gasteiger partial charge in [0.15, 0.2) is 16.6 Å². The standard InChI is InChI=1S/C23H40O4Si5/c1-11-31(10,25-29(5,6)7)27-32(22-18-14-12-15-19-22,23-20-16-13-17-21-23)26-30(8,9)24-28(2,3)4/h11-21H,1H2,2-10H3. The third-order valence-corrected chi connectivity index (χ3v) is 21.8. The van der Waals surface area contributed by atoms with Gasteiger partial charge in [0.1, 0.15) is 0 Å². The van der Waals surface area contributed by atoms with Crippen molar-refractivity contribution >= 4 is 52.7 Å². The van der Waals surface area contributed by atoms with Gasteiger partial charge in [0.05, 0.1) is 0 Å². The molecule has 0 aliphatic carbocycles. The molecule has 32 heavy (non-hydrogen) atoms. The lowest BCUT2D eigenvalue weighted by molar-refractivity contribution is 0.314. The fourth-order valence-corrected chi connectivity index (χ4v) is 25.4. The van der Waals surface area contributed by atoms with Gasteiger partial charge in [-0.15, -0.1) is 6.58 Å². The molecule has 0 saturated carbocycles. The Balaban J connectivity index is 2.74. The highest BCUT2D eigenvalue weighted by Gasteiger charge is 2.53. The van der Waals surface area contributed by atoms with E-state index in [1.165, 1.54) is 0 Å². The summed E-state index contributed by atoms with van der Waals surface area (Å²) in [5.74, 6) is 0. The molecule has 1 atom stereocenters. The first-order valence-electron chi connectivity index (χ1n) is 11.2. The van der Waals surface area contributed by atoms with Crippen LogP contribution in [0.2, 0.25) is 58.9 Å². The van der Waals surface area contributed by atoms with E-state index in [-0.39, 0.29) is 0 Å². The van der Waals surface area contributed by atoms with Crippen molar-refractivity contribution in [2.75, 3.05) is 0 Å². The van der Waals surface area contributed by atoms with E-state index in [0.29, 0.717) is 0 Å². The van der Waals surface area contributed by atoms with Crippen LogP contribution in [0.25, 0.3) is 0 Å². The van der Waals surface area contributed by atoms with E-state index in [4.69, 9.17) is 16.5 Å². The van der Waals surface area contributed by atoms with Gasteiger partial charge in [-0.1, -0.05) is 66.4 Å². The summed E-state index contributed by atoms with van der Waals surface area (Å²) in [5.41, 5.74) is 1.90. The molecule has 0 spiro atoms. The minimum atomic E-state index is -3.19. The maximum atomic E-state index is 7.19. The van der Waals surface area contributed by atoms with Crippen LogP contribution in [0.4, 0.5) is 0 Å². The molecule has 1 unspecified atom stereocenters. The topological polar surface area (TPSA) is 36.9 Å². The Labute approximate surface area is 200 Å². The zero-order chi connectivity index (χ0) is 24.3. The van der Waals surface area contributed by atoms with Gasteiger partial charge in [0, 0.05) is 0 Å². The van der Waals surface area contributed by atoms with Crippen molar-refractivity contribution in [2.45, 2.75) is 58.9 Å². The van der Waals surface area contributed by atoms with Crippen molar-refractivity contribution in [3.63, 3.8) is 0 Å². The zero-order valence-electron chi connectivity index (χ0n) is 21.2. The van der Waals surface area contributed by atoms with Gasteiger partial charge in [-0.2, -0.15) is 0 Å². The van der Waals surface area contributed by atoms with Crippen molar-refractivity contribution in [1.29, 1.82) is 0 Å². The van der Waals surface area contributed by atoms with Crippen LogP contribution in [0.1, 0.15) is 0 Å². The Morgan fingerprint density at radius 2 is 0.969 bits per heavy atom. The molecule has 0 bridgehead atoms. The largest absolute Gasteiger partial charge is 0.437 e. The van der Waals surface area contributed by atoms with Crippen molar-refractivity contribution in [3.8, 4) is 0 Å². The minimum absolute atomic E-state index is 1.06. The minimum Gasteiger partial charge on any atom is -0.437 e. The summed E-state index contributed by atoms with van der Waals surface area (Å²) in [7, 11) is -12.3. The van der Waals surface area contributed by atoms with E-state index in [1.807, 2.05) is 42.1 Å². The molecule has 0 heterocycles. The lowest BCUT2D eigenvalue weighted by Gasteiger charge is -2.44. The van der Waals surface area contributed by atoms with Crippen LogP contribution in [0.3, 0.4) is 0 Å². The maximum Gasteiger partial charge on any atom is 0.389 e. The molecular weight excluding hydrogens is 481 g/mol. The van der Waals surface area contributed by atoms with E-state index in [9.17, 15) is 0 Å². The highest BCUT2D eigenvalue weighted by molar-refractivity contribution is 7.03. The summed E-state index contributed by atoms with van der Waals surface area (Å²) in [4.78, 5) is 0. The smallest absolute Gasteiger partial charge is 0.389 e. The van der Waals surface area contributed by atoms with E-state index >= 15 is 0 Å². The third kappa shape index (κ3) is 7.85. The first-order chi connectivity index (χ1) is 14.6. The Kier molecular flexibility index (Phi) is 8.68. The Hall–Kier alpha value is -0.896. The van der Waals surface area contributed by atoms with Gasteiger partial charge in [-0.3, -0.25) is 0 Å². The van der Waals surface area contributed by atoms with Crippen molar-refractivity contribution in [1.82, 2.24) is 0 Å².